The Morgan fingerprint density at radius 2 is 2.08 bits per heavy atom. The lowest BCUT2D eigenvalue weighted by Gasteiger charge is -2.36. The predicted molar refractivity (Wildman–Crippen MR) is 98.5 cm³/mol. The van der Waals surface area contributed by atoms with Gasteiger partial charge in [-0.05, 0) is 43.2 Å². The van der Waals surface area contributed by atoms with Crippen LogP contribution in [0.5, 0.6) is 0 Å². The molecule has 140 valence electrons. The van der Waals surface area contributed by atoms with Crippen molar-refractivity contribution in [1.82, 2.24) is 15.5 Å². The lowest BCUT2D eigenvalue weighted by atomic mass is 9.73. The number of carbonyl (C=O) groups excluding carboxylic acids is 3. The zero-order chi connectivity index (χ0) is 18.7. The van der Waals surface area contributed by atoms with Gasteiger partial charge in [0.1, 0.15) is 12.1 Å². The van der Waals surface area contributed by atoms with Crippen LogP contribution in [-0.4, -0.2) is 41.4 Å². The molecule has 0 aromatic heterocycles. The molecule has 1 aliphatic heterocycles. The Morgan fingerprint density at radius 1 is 1.31 bits per heavy atom. The number of benzene rings is 1. The van der Waals surface area contributed by atoms with Gasteiger partial charge in [0.05, 0.1) is 0 Å². The number of carbonyl (C=O) groups is 3. The van der Waals surface area contributed by atoms with Crippen molar-refractivity contribution in [3.8, 4) is 0 Å². The molecule has 0 radical (unpaired) electrons. The van der Waals surface area contributed by atoms with E-state index >= 15 is 0 Å². The van der Waals surface area contributed by atoms with Gasteiger partial charge in [-0.15, -0.1) is 0 Å². The Bertz CT molecular complexity index is 718. The first-order valence-electron chi connectivity index (χ1n) is 9.39. The molecule has 1 aliphatic carbocycles. The molecule has 6 heteroatoms. The van der Waals surface area contributed by atoms with Crippen LogP contribution in [0.4, 0.5) is 4.79 Å². The number of hydrogen-bond acceptors (Lipinski definition) is 3. The maximum atomic E-state index is 12.8. The second-order valence-electron chi connectivity index (χ2n) is 7.47. The molecular weight excluding hydrogens is 330 g/mol. The van der Waals surface area contributed by atoms with Crippen LogP contribution in [0.1, 0.15) is 43.7 Å². The fourth-order valence-corrected chi connectivity index (χ4v) is 4.07. The number of aryl methyl sites for hydroxylation is 1. The minimum atomic E-state index is -0.809. The van der Waals surface area contributed by atoms with Gasteiger partial charge in [-0.3, -0.25) is 14.5 Å². The molecular formula is C20H27N3O3. The molecule has 0 unspecified atom stereocenters. The van der Waals surface area contributed by atoms with Gasteiger partial charge >= 0.3 is 6.03 Å². The van der Waals surface area contributed by atoms with Crippen LogP contribution in [0, 0.1) is 12.8 Å². The van der Waals surface area contributed by atoms with Gasteiger partial charge in [0, 0.05) is 6.54 Å². The number of rotatable bonds is 5. The fourth-order valence-electron chi connectivity index (χ4n) is 4.07. The van der Waals surface area contributed by atoms with Gasteiger partial charge < -0.3 is 10.6 Å². The van der Waals surface area contributed by atoms with Gasteiger partial charge in [0.2, 0.25) is 5.91 Å². The molecule has 1 aromatic rings. The summed E-state index contributed by atoms with van der Waals surface area (Å²) in [4.78, 5) is 38.4. The molecule has 1 spiro atoms. The smallest absolute Gasteiger partial charge is 0.325 e. The Hall–Kier alpha value is -2.37. The van der Waals surface area contributed by atoms with Crippen molar-refractivity contribution in [2.45, 2.75) is 51.5 Å². The van der Waals surface area contributed by atoms with Crippen molar-refractivity contribution in [2.24, 2.45) is 5.92 Å². The lowest BCUT2D eigenvalue weighted by Crippen LogP contribution is -2.54. The molecule has 1 saturated carbocycles. The molecule has 2 N–H and O–H groups in total. The van der Waals surface area contributed by atoms with E-state index in [0.29, 0.717) is 13.0 Å². The second-order valence-corrected chi connectivity index (χ2v) is 7.47. The minimum absolute atomic E-state index is 0.0989. The van der Waals surface area contributed by atoms with Crippen molar-refractivity contribution in [3.63, 3.8) is 0 Å². The number of amides is 4. The molecule has 2 atom stereocenters. The van der Waals surface area contributed by atoms with Gasteiger partial charge in [-0.2, -0.15) is 0 Å². The Morgan fingerprint density at radius 3 is 2.81 bits per heavy atom. The maximum absolute atomic E-state index is 12.8. The van der Waals surface area contributed by atoms with Gasteiger partial charge in [0.25, 0.3) is 5.91 Å². The highest BCUT2D eigenvalue weighted by Crippen LogP contribution is 2.38. The summed E-state index contributed by atoms with van der Waals surface area (Å²) in [5.74, 6) is -0.451. The van der Waals surface area contributed by atoms with E-state index in [1.165, 1.54) is 11.1 Å². The second kappa shape index (κ2) is 7.48. The zero-order valence-electron chi connectivity index (χ0n) is 15.5. The first-order valence-corrected chi connectivity index (χ1v) is 9.39. The summed E-state index contributed by atoms with van der Waals surface area (Å²) in [6.07, 6.45) is 4.30. The highest BCUT2D eigenvalue weighted by Gasteiger charge is 2.55. The maximum Gasteiger partial charge on any atom is 0.325 e. The highest BCUT2D eigenvalue weighted by atomic mass is 16.2. The van der Waals surface area contributed by atoms with E-state index in [9.17, 15) is 14.4 Å². The standard InChI is InChI=1S/C20H27N3O3/c1-14-7-3-4-9-16(14)10-12-21-17(24)13-23-18(25)20(22-19(23)26)11-6-5-8-15(20)2/h3-4,7,9,15H,5-6,8,10-13H2,1-2H3,(H,21,24)(H,22,26)/t15-,20+/m1/s1. The first-order chi connectivity index (χ1) is 12.4. The molecule has 4 amide bonds. The summed E-state index contributed by atoms with van der Waals surface area (Å²) in [5, 5.41) is 5.69. The van der Waals surface area contributed by atoms with E-state index in [0.717, 1.165) is 30.6 Å². The number of nitrogens with zero attached hydrogens (tertiary/aromatic N) is 1. The third-order valence-corrected chi connectivity index (χ3v) is 5.78. The van der Waals surface area contributed by atoms with E-state index in [2.05, 4.69) is 10.6 Å². The molecule has 1 aromatic carbocycles. The van der Waals surface area contributed by atoms with Crippen molar-refractivity contribution >= 4 is 17.8 Å². The summed E-state index contributed by atoms with van der Waals surface area (Å²) in [7, 11) is 0. The van der Waals surface area contributed by atoms with Gasteiger partial charge in [-0.1, -0.05) is 44.0 Å². The van der Waals surface area contributed by atoms with E-state index < -0.39 is 11.6 Å². The molecule has 3 rings (SSSR count). The van der Waals surface area contributed by atoms with Crippen LogP contribution in [0.25, 0.3) is 0 Å². The summed E-state index contributed by atoms with van der Waals surface area (Å²) in [5.41, 5.74) is 1.55. The van der Waals surface area contributed by atoms with Crippen molar-refractivity contribution in [1.29, 1.82) is 0 Å². The Balaban J connectivity index is 1.55. The van der Waals surface area contributed by atoms with Gasteiger partial charge in [-0.25, -0.2) is 4.79 Å². The van der Waals surface area contributed by atoms with Gasteiger partial charge in [0.15, 0.2) is 0 Å². The molecule has 1 saturated heterocycles. The van der Waals surface area contributed by atoms with E-state index in [1.807, 2.05) is 38.1 Å². The number of nitrogens with one attached hydrogen (secondary N) is 2. The normalized spacial score (nSPS) is 25.5. The Kier molecular flexibility index (Phi) is 5.30. The summed E-state index contributed by atoms with van der Waals surface area (Å²) in [6.45, 7) is 4.31. The molecule has 2 aliphatic rings. The average Bonchev–Trinajstić information content (AvgIpc) is 2.84. The highest BCUT2D eigenvalue weighted by molar-refractivity contribution is 6.09. The van der Waals surface area contributed by atoms with Crippen molar-refractivity contribution < 1.29 is 14.4 Å². The largest absolute Gasteiger partial charge is 0.354 e. The van der Waals surface area contributed by atoms with Crippen molar-refractivity contribution in [3.05, 3.63) is 35.4 Å². The van der Waals surface area contributed by atoms with Crippen molar-refractivity contribution in [2.75, 3.05) is 13.1 Å². The molecule has 26 heavy (non-hydrogen) atoms. The average molecular weight is 357 g/mol. The van der Waals surface area contributed by atoms with Crippen LogP contribution in [0.15, 0.2) is 24.3 Å². The van der Waals surface area contributed by atoms with E-state index in [4.69, 9.17) is 0 Å². The van der Waals surface area contributed by atoms with Crippen LogP contribution in [-0.2, 0) is 16.0 Å². The van der Waals surface area contributed by atoms with E-state index in [1.54, 1.807) is 0 Å². The summed E-state index contributed by atoms with van der Waals surface area (Å²) in [6, 6.07) is 7.58. The molecule has 0 bridgehead atoms. The quantitative estimate of drug-likeness (QED) is 0.793. The lowest BCUT2D eigenvalue weighted by molar-refractivity contribution is -0.137. The van der Waals surface area contributed by atoms with Crippen LogP contribution in [0.3, 0.4) is 0 Å². The summed E-state index contributed by atoms with van der Waals surface area (Å²) < 4.78 is 0. The monoisotopic (exact) mass is 357 g/mol. The number of imide groups is 1. The van der Waals surface area contributed by atoms with Crippen LogP contribution >= 0.6 is 0 Å². The van der Waals surface area contributed by atoms with E-state index in [-0.39, 0.29) is 24.3 Å². The zero-order valence-corrected chi connectivity index (χ0v) is 15.5. The Labute approximate surface area is 154 Å². The van der Waals surface area contributed by atoms with Crippen LogP contribution in [0.2, 0.25) is 0 Å². The first kappa shape index (κ1) is 18.4. The summed E-state index contributed by atoms with van der Waals surface area (Å²) >= 11 is 0. The third-order valence-electron chi connectivity index (χ3n) is 5.78. The SMILES string of the molecule is Cc1ccccc1CCNC(=O)CN1C(=O)N[C@]2(CCCC[C@H]2C)C1=O. The molecule has 2 fully saturated rings. The minimum Gasteiger partial charge on any atom is -0.354 e. The number of urea groups is 1. The topological polar surface area (TPSA) is 78.5 Å². The fraction of sp³-hybridized carbons (Fsp3) is 0.550. The molecule has 1 heterocycles. The predicted octanol–water partition coefficient (Wildman–Crippen LogP) is 2.15. The molecule has 6 nitrogen and oxygen atoms in total. The van der Waals surface area contributed by atoms with Crippen LogP contribution < -0.4 is 10.6 Å². The number of hydrogen-bond donors (Lipinski definition) is 2. The third kappa shape index (κ3) is 3.45.